The molecule has 0 aromatic carbocycles. The average molecular weight is 297 g/mol. The molecule has 0 aromatic rings. The molecule has 1 N–H and O–H groups in total. The number of hydrogen-bond donors (Lipinski definition) is 1. The van der Waals surface area contributed by atoms with E-state index in [1.807, 2.05) is 4.90 Å². The van der Waals surface area contributed by atoms with Crippen LogP contribution in [0.5, 0.6) is 0 Å². The van der Waals surface area contributed by atoms with Gasteiger partial charge in [-0.1, -0.05) is 0 Å². The monoisotopic (exact) mass is 297 g/mol. The van der Waals surface area contributed by atoms with Gasteiger partial charge < -0.3 is 15.0 Å². The van der Waals surface area contributed by atoms with Gasteiger partial charge in [0.15, 0.2) is 0 Å². The summed E-state index contributed by atoms with van der Waals surface area (Å²) < 4.78 is 5.29. The number of morpholine rings is 1. The van der Waals surface area contributed by atoms with Crippen LogP contribution in [0.3, 0.4) is 0 Å². The molecule has 0 atom stereocenters. The van der Waals surface area contributed by atoms with E-state index in [-0.39, 0.29) is 11.8 Å². The van der Waals surface area contributed by atoms with Gasteiger partial charge in [-0.15, -0.1) is 0 Å². The van der Waals surface area contributed by atoms with Gasteiger partial charge in [0, 0.05) is 39.3 Å². The Hall–Kier alpha value is -1.14. The number of amides is 2. The summed E-state index contributed by atoms with van der Waals surface area (Å²) in [5.41, 5.74) is -0.977. The maximum absolute atomic E-state index is 12.4. The summed E-state index contributed by atoms with van der Waals surface area (Å²) in [6, 6.07) is 0. The van der Waals surface area contributed by atoms with Crippen LogP contribution in [0.15, 0.2) is 0 Å². The van der Waals surface area contributed by atoms with E-state index in [9.17, 15) is 9.59 Å². The van der Waals surface area contributed by atoms with E-state index in [0.29, 0.717) is 6.54 Å². The highest BCUT2D eigenvalue weighted by molar-refractivity contribution is 6.04. The van der Waals surface area contributed by atoms with Crippen LogP contribution in [0.4, 0.5) is 0 Å². The molecular weight excluding hydrogens is 270 g/mol. The van der Waals surface area contributed by atoms with E-state index >= 15 is 0 Å². The average Bonchev–Trinajstić information content (AvgIpc) is 3.01. The van der Waals surface area contributed by atoms with E-state index in [4.69, 9.17) is 4.74 Å². The molecule has 0 radical (unpaired) electrons. The van der Waals surface area contributed by atoms with Crippen LogP contribution in [-0.4, -0.2) is 74.1 Å². The Morgan fingerprint density at radius 3 is 2.33 bits per heavy atom. The van der Waals surface area contributed by atoms with Crippen molar-refractivity contribution in [2.24, 2.45) is 5.41 Å². The molecular formula is C15H27N3O3. The Morgan fingerprint density at radius 1 is 1.10 bits per heavy atom. The quantitative estimate of drug-likeness (QED) is 0.730. The maximum Gasteiger partial charge on any atom is 0.237 e. The van der Waals surface area contributed by atoms with E-state index in [1.54, 1.807) is 13.8 Å². The lowest BCUT2D eigenvalue weighted by atomic mass is 9.90. The molecule has 0 aliphatic carbocycles. The summed E-state index contributed by atoms with van der Waals surface area (Å²) in [6.45, 7) is 9.72. The molecule has 2 aliphatic rings. The molecule has 6 heteroatoms. The van der Waals surface area contributed by atoms with Crippen molar-refractivity contribution in [3.63, 3.8) is 0 Å². The van der Waals surface area contributed by atoms with E-state index in [0.717, 1.165) is 58.8 Å². The smallest absolute Gasteiger partial charge is 0.237 e. The van der Waals surface area contributed by atoms with Crippen LogP contribution in [0.25, 0.3) is 0 Å². The van der Waals surface area contributed by atoms with Gasteiger partial charge in [0.1, 0.15) is 5.41 Å². The van der Waals surface area contributed by atoms with Gasteiger partial charge in [-0.3, -0.25) is 14.5 Å². The summed E-state index contributed by atoms with van der Waals surface area (Å²) in [4.78, 5) is 28.8. The summed E-state index contributed by atoms with van der Waals surface area (Å²) in [5.74, 6) is -0.225. The van der Waals surface area contributed by atoms with Gasteiger partial charge in [0.2, 0.25) is 11.8 Å². The third-order valence-corrected chi connectivity index (χ3v) is 4.31. The normalized spacial score (nSPS) is 20.6. The molecule has 2 heterocycles. The molecule has 120 valence electrons. The predicted octanol–water partition coefficient (Wildman–Crippen LogP) is 0.0834. The summed E-state index contributed by atoms with van der Waals surface area (Å²) in [6.07, 6.45) is 2.08. The number of rotatable bonds is 5. The molecule has 6 nitrogen and oxygen atoms in total. The summed E-state index contributed by atoms with van der Waals surface area (Å²) in [5, 5.41) is 2.91. The molecule has 21 heavy (non-hydrogen) atoms. The number of likely N-dealkylation sites (tertiary alicyclic amines) is 1. The Balaban J connectivity index is 1.76. The van der Waals surface area contributed by atoms with E-state index < -0.39 is 5.41 Å². The lowest BCUT2D eigenvalue weighted by Crippen LogP contribution is -2.50. The fourth-order valence-corrected chi connectivity index (χ4v) is 2.79. The molecule has 2 aliphatic heterocycles. The first-order valence-electron chi connectivity index (χ1n) is 7.89. The van der Waals surface area contributed by atoms with Crippen molar-refractivity contribution in [3.05, 3.63) is 0 Å². The molecule has 0 aromatic heterocycles. The van der Waals surface area contributed by atoms with Crippen molar-refractivity contribution in [1.29, 1.82) is 0 Å². The second-order valence-corrected chi connectivity index (χ2v) is 6.33. The molecule has 0 bridgehead atoms. The Kier molecular flexibility index (Phi) is 5.58. The second-order valence-electron chi connectivity index (χ2n) is 6.33. The zero-order chi connectivity index (χ0) is 15.3. The van der Waals surface area contributed by atoms with Crippen LogP contribution >= 0.6 is 0 Å². The Bertz CT molecular complexity index is 372. The highest BCUT2D eigenvalue weighted by atomic mass is 16.5. The lowest BCUT2D eigenvalue weighted by Gasteiger charge is -2.29. The zero-order valence-corrected chi connectivity index (χ0v) is 13.2. The van der Waals surface area contributed by atoms with E-state index in [1.165, 1.54) is 0 Å². The minimum absolute atomic E-state index is 0.0520. The highest BCUT2D eigenvalue weighted by Gasteiger charge is 2.39. The van der Waals surface area contributed by atoms with Gasteiger partial charge in [-0.2, -0.15) is 0 Å². The van der Waals surface area contributed by atoms with Crippen LogP contribution in [0, 0.1) is 5.41 Å². The first-order chi connectivity index (χ1) is 10.0. The Morgan fingerprint density at radius 2 is 1.71 bits per heavy atom. The first kappa shape index (κ1) is 16.2. The third kappa shape index (κ3) is 4.17. The van der Waals surface area contributed by atoms with E-state index in [2.05, 4.69) is 10.2 Å². The van der Waals surface area contributed by atoms with Gasteiger partial charge in [-0.05, 0) is 26.7 Å². The number of carbonyl (C=O) groups is 2. The molecule has 0 unspecified atom stereocenters. The fourth-order valence-electron chi connectivity index (χ4n) is 2.79. The van der Waals surface area contributed by atoms with Crippen molar-refractivity contribution in [2.75, 3.05) is 52.5 Å². The van der Waals surface area contributed by atoms with Gasteiger partial charge in [0.05, 0.1) is 13.2 Å². The maximum atomic E-state index is 12.4. The van der Waals surface area contributed by atoms with Gasteiger partial charge >= 0.3 is 0 Å². The number of ether oxygens (including phenoxy) is 1. The molecule has 0 spiro atoms. The lowest BCUT2D eigenvalue weighted by molar-refractivity contribution is -0.147. The zero-order valence-electron chi connectivity index (χ0n) is 13.2. The highest BCUT2D eigenvalue weighted by Crippen LogP contribution is 2.22. The Labute approximate surface area is 126 Å². The molecule has 2 amide bonds. The molecule has 0 saturated carbocycles. The van der Waals surface area contributed by atoms with Crippen LogP contribution in [0.1, 0.15) is 26.7 Å². The fraction of sp³-hybridized carbons (Fsp3) is 0.867. The summed E-state index contributed by atoms with van der Waals surface area (Å²) >= 11 is 0. The minimum atomic E-state index is -0.977. The standard InChI is InChI=1S/C15H27N3O3/c1-15(2,14(20)18-6-3-4-7-18)13(19)16-5-8-17-9-11-21-12-10-17/h3-12H2,1-2H3,(H,16,19). The van der Waals surface area contributed by atoms with Crippen molar-refractivity contribution in [2.45, 2.75) is 26.7 Å². The third-order valence-electron chi connectivity index (χ3n) is 4.31. The topological polar surface area (TPSA) is 61.9 Å². The van der Waals surface area contributed by atoms with Crippen LogP contribution in [0.2, 0.25) is 0 Å². The predicted molar refractivity (Wildman–Crippen MR) is 79.9 cm³/mol. The van der Waals surface area contributed by atoms with Crippen molar-refractivity contribution < 1.29 is 14.3 Å². The van der Waals surface area contributed by atoms with Crippen molar-refractivity contribution >= 4 is 11.8 Å². The number of carbonyl (C=O) groups excluding carboxylic acids is 2. The van der Waals surface area contributed by atoms with Crippen LogP contribution < -0.4 is 5.32 Å². The number of nitrogens with zero attached hydrogens (tertiary/aromatic N) is 2. The second kappa shape index (κ2) is 7.22. The molecule has 2 fully saturated rings. The van der Waals surface area contributed by atoms with Crippen molar-refractivity contribution in [1.82, 2.24) is 15.1 Å². The number of nitrogens with one attached hydrogen (secondary N) is 1. The number of hydrogen-bond acceptors (Lipinski definition) is 4. The SMILES string of the molecule is CC(C)(C(=O)NCCN1CCOCC1)C(=O)N1CCCC1. The largest absolute Gasteiger partial charge is 0.379 e. The van der Waals surface area contributed by atoms with Gasteiger partial charge in [-0.25, -0.2) is 0 Å². The van der Waals surface area contributed by atoms with Gasteiger partial charge in [0.25, 0.3) is 0 Å². The van der Waals surface area contributed by atoms with Crippen LogP contribution in [-0.2, 0) is 14.3 Å². The molecule has 2 saturated heterocycles. The molecule has 2 rings (SSSR count). The first-order valence-corrected chi connectivity index (χ1v) is 7.89. The van der Waals surface area contributed by atoms with Crippen molar-refractivity contribution in [3.8, 4) is 0 Å². The minimum Gasteiger partial charge on any atom is -0.379 e. The summed E-state index contributed by atoms with van der Waals surface area (Å²) in [7, 11) is 0.